The molecule has 2 heterocycles. The molecule has 0 aliphatic heterocycles. The molecule has 2 aromatic heterocycles. The molecule has 1 fully saturated rings. The molecule has 2 N–H and O–H groups in total. The lowest BCUT2D eigenvalue weighted by Gasteiger charge is -2.29. The van der Waals surface area contributed by atoms with E-state index in [0.717, 1.165) is 18.4 Å². The SMILES string of the molecule is COC(=O)c1cc(-c2ccc(C(=O)NCCc3ccc(C#N)nc3)cn2)ccc1N(CC1CC1)C(C)O. The van der Waals surface area contributed by atoms with Gasteiger partial charge < -0.3 is 20.1 Å². The molecule has 1 aromatic carbocycles. The summed E-state index contributed by atoms with van der Waals surface area (Å²) in [6.07, 6.45) is 5.19. The molecule has 0 spiro atoms. The van der Waals surface area contributed by atoms with Crippen LogP contribution in [-0.4, -0.2) is 53.4 Å². The molecule has 3 aromatic rings. The van der Waals surface area contributed by atoms with Crippen LogP contribution in [0.5, 0.6) is 0 Å². The number of pyridine rings is 2. The van der Waals surface area contributed by atoms with Gasteiger partial charge in [-0.05, 0) is 68.0 Å². The highest BCUT2D eigenvalue weighted by Gasteiger charge is 2.29. The van der Waals surface area contributed by atoms with Crippen LogP contribution in [0, 0.1) is 17.2 Å². The normalized spacial score (nSPS) is 13.4. The van der Waals surface area contributed by atoms with Gasteiger partial charge in [-0.3, -0.25) is 9.78 Å². The summed E-state index contributed by atoms with van der Waals surface area (Å²) in [5, 5.41) is 22.0. The van der Waals surface area contributed by atoms with Gasteiger partial charge in [0.25, 0.3) is 5.91 Å². The average Bonchev–Trinajstić information content (AvgIpc) is 3.75. The van der Waals surface area contributed by atoms with Crippen molar-refractivity contribution >= 4 is 17.6 Å². The summed E-state index contributed by atoms with van der Waals surface area (Å²) >= 11 is 0. The molecule has 1 unspecified atom stereocenters. The minimum atomic E-state index is -0.751. The van der Waals surface area contributed by atoms with Gasteiger partial charge in [0.05, 0.1) is 29.6 Å². The quantitative estimate of drug-likeness (QED) is 0.321. The largest absolute Gasteiger partial charge is 0.465 e. The van der Waals surface area contributed by atoms with E-state index in [1.54, 1.807) is 43.5 Å². The number of benzene rings is 1. The molecule has 190 valence electrons. The first-order valence-electron chi connectivity index (χ1n) is 12.2. The van der Waals surface area contributed by atoms with Crippen LogP contribution in [0.25, 0.3) is 11.3 Å². The number of methoxy groups -OCH3 is 1. The number of anilines is 1. The minimum Gasteiger partial charge on any atom is -0.465 e. The number of carbonyl (C=O) groups excluding carboxylic acids is 2. The third-order valence-electron chi connectivity index (χ3n) is 6.27. The highest BCUT2D eigenvalue weighted by Crippen LogP contribution is 2.34. The van der Waals surface area contributed by atoms with Crippen LogP contribution >= 0.6 is 0 Å². The number of esters is 1. The number of aliphatic hydroxyl groups is 1. The minimum absolute atomic E-state index is 0.251. The van der Waals surface area contributed by atoms with Crippen LogP contribution in [0.15, 0.2) is 54.9 Å². The molecule has 37 heavy (non-hydrogen) atoms. The van der Waals surface area contributed by atoms with Crippen molar-refractivity contribution in [1.29, 1.82) is 5.26 Å². The van der Waals surface area contributed by atoms with Crippen molar-refractivity contribution in [2.24, 2.45) is 5.92 Å². The molecular formula is C28H29N5O4. The fourth-order valence-electron chi connectivity index (χ4n) is 4.01. The first kappa shape index (κ1) is 25.8. The van der Waals surface area contributed by atoms with Gasteiger partial charge in [0.1, 0.15) is 18.0 Å². The maximum Gasteiger partial charge on any atom is 0.339 e. The van der Waals surface area contributed by atoms with Crippen molar-refractivity contribution in [2.75, 3.05) is 25.1 Å². The summed E-state index contributed by atoms with van der Waals surface area (Å²) in [7, 11) is 1.33. The van der Waals surface area contributed by atoms with E-state index in [9.17, 15) is 14.7 Å². The highest BCUT2D eigenvalue weighted by molar-refractivity contribution is 5.97. The van der Waals surface area contributed by atoms with Crippen LogP contribution in [0.2, 0.25) is 0 Å². The summed E-state index contributed by atoms with van der Waals surface area (Å²) in [4.78, 5) is 35.4. The molecule has 4 rings (SSSR count). The van der Waals surface area contributed by atoms with Crippen LogP contribution in [0.1, 0.15) is 51.7 Å². The summed E-state index contributed by atoms with van der Waals surface area (Å²) in [6, 6.07) is 14.2. The Hall–Kier alpha value is -4.29. The second-order valence-corrected chi connectivity index (χ2v) is 9.05. The number of hydrogen-bond donors (Lipinski definition) is 2. The van der Waals surface area contributed by atoms with E-state index in [-0.39, 0.29) is 5.91 Å². The van der Waals surface area contributed by atoms with Crippen molar-refractivity contribution in [2.45, 2.75) is 32.4 Å². The third-order valence-corrected chi connectivity index (χ3v) is 6.27. The Labute approximate surface area is 215 Å². The number of nitrogens with one attached hydrogen (secondary N) is 1. The lowest BCUT2D eigenvalue weighted by Crippen LogP contribution is -2.35. The van der Waals surface area contributed by atoms with Crippen molar-refractivity contribution < 1.29 is 19.4 Å². The maximum atomic E-state index is 12.6. The van der Waals surface area contributed by atoms with E-state index in [0.29, 0.717) is 59.2 Å². The van der Waals surface area contributed by atoms with Crippen LogP contribution in [-0.2, 0) is 11.2 Å². The maximum absolute atomic E-state index is 12.6. The summed E-state index contributed by atoms with van der Waals surface area (Å²) in [5.74, 6) is -0.230. The zero-order valence-corrected chi connectivity index (χ0v) is 20.8. The number of nitrogens with zero attached hydrogens (tertiary/aromatic N) is 4. The standard InChI is InChI=1S/C28H29N5O4/c1-18(34)33(17-20-3-4-20)26-10-7-21(13-24(26)28(36)37-2)25-9-6-22(16-32-25)27(35)30-12-11-19-5-8-23(14-29)31-15-19/h5-10,13,15-16,18,20,34H,3-4,11-12,17H2,1-2H3,(H,30,35). The van der Waals surface area contributed by atoms with Gasteiger partial charge in [-0.1, -0.05) is 12.1 Å². The lowest BCUT2D eigenvalue weighted by molar-refractivity contribution is 0.0600. The van der Waals surface area contributed by atoms with Gasteiger partial charge in [0, 0.05) is 31.0 Å². The van der Waals surface area contributed by atoms with E-state index >= 15 is 0 Å². The number of aromatic nitrogens is 2. The molecule has 1 saturated carbocycles. The average molecular weight is 500 g/mol. The van der Waals surface area contributed by atoms with Gasteiger partial charge >= 0.3 is 5.97 Å². The van der Waals surface area contributed by atoms with Crippen molar-refractivity contribution in [3.8, 4) is 17.3 Å². The lowest BCUT2D eigenvalue weighted by atomic mass is 10.0. The second kappa shape index (κ2) is 11.6. The molecule has 0 bridgehead atoms. The monoisotopic (exact) mass is 499 g/mol. The molecule has 9 heteroatoms. The van der Waals surface area contributed by atoms with Crippen LogP contribution in [0.4, 0.5) is 5.69 Å². The van der Waals surface area contributed by atoms with Gasteiger partial charge in [-0.25, -0.2) is 9.78 Å². The van der Waals surface area contributed by atoms with Crippen LogP contribution in [0.3, 0.4) is 0 Å². The van der Waals surface area contributed by atoms with Gasteiger partial charge in [0.2, 0.25) is 0 Å². The van der Waals surface area contributed by atoms with Gasteiger partial charge in [0.15, 0.2) is 0 Å². The van der Waals surface area contributed by atoms with E-state index in [1.165, 1.54) is 13.3 Å². The fourth-order valence-corrected chi connectivity index (χ4v) is 4.01. The number of ether oxygens (including phenoxy) is 1. The van der Waals surface area contributed by atoms with Gasteiger partial charge in [-0.2, -0.15) is 5.26 Å². The second-order valence-electron chi connectivity index (χ2n) is 9.05. The Balaban J connectivity index is 1.45. The van der Waals surface area contributed by atoms with Crippen molar-refractivity contribution in [3.05, 3.63) is 77.2 Å². The molecular weight excluding hydrogens is 470 g/mol. The number of hydrogen-bond acceptors (Lipinski definition) is 8. The number of amides is 1. The third kappa shape index (κ3) is 6.48. The highest BCUT2D eigenvalue weighted by atomic mass is 16.5. The summed E-state index contributed by atoms with van der Waals surface area (Å²) in [5.41, 5.74) is 3.95. The fraction of sp³-hybridized carbons (Fsp3) is 0.321. The predicted octanol–water partition coefficient (Wildman–Crippen LogP) is 3.33. The Bertz CT molecular complexity index is 1300. The molecule has 1 atom stereocenters. The predicted molar refractivity (Wildman–Crippen MR) is 138 cm³/mol. The topological polar surface area (TPSA) is 128 Å². The number of aliphatic hydroxyl groups excluding tert-OH is 1. The zero-order chi connectivity index (χ0) is 26.4. The zero-order valence-electron chi connectivity index (χ0n) is 20.8. The van der Waals surface area contributed by atoms with Gasteiger partial charge in [-0.15, -0.1) is 0 Å². The Morgan fingerprint density at radius 3 is 2.59 bits per heavy atom. The van der Waals surface area contributed by atoms with Crippen molar-refractivity contribution in [1.82, 2.24) is 15.3 Å². The molecule has 9 nitrogen and oxygen atoms in total. The number of carbonyl (C=O) groups is 2. The molecule has 0 saturated heterocycles. The Morgan fingerprint density at radius 1 is 1.19 bits per heavy atom. The first-order chi connectivity index (χ1) is 17.9. The number of rotatable bonds is 10. The van der Waals surface area contributed by atoms with Crippen LogP contribution < -0.4 is 10.2 Å². The summed E-state index contributed by atoms with van der Waals surface area (Å²) in [6.45, 7) is 2.77. The van der Waals surface area contributed by atoms with E-state index in [4.69, 9.17) is 10.00 Å². The smallest absolute Gasteiger partial charge is 0.339 e. The Kier molecular flexibility index (Phi) is 8.11. The molecule has 1 aliphatic carbocycles. The van der Waals surface area contributed by atoms with E-state index in [2.05, 4.69) is 15.3 Å². The first-order valence-corrected chi connectivity index (χ1v) is 12.2. The van der Waals surface area contributed by atoms with E-state index in [1.807, 2.05) is 23.1 Å². The Morgan fingerprint density at radius 2 is 2.00 bits per heavy atom. The molecule has 1 amide bonds. The molecule has 1 aliphatic rings. The van der Waals surface area contributed by atoms with Crippen molar-refractivity contribution in [3.63, 3.8) is 0 Å². The number of nitriles is 1. The summed E-state index contributed by atoms with van der Waals surface area (Å²) < 4.78 is 5.01. The van der Waals surface area contributed by atoms with E-state index < -0.39 is 12.2 Å². The molecule has 0 radical (unpaired) electrons.